The summed E-state index contributed by atoms with van der Waals surface area (Å²) in [4.78, 5) is 35.1. The summed E-state index contributed by atoms with van der Waals surface area (Å²) in [7, 11) is 0. The summed E-state index contributed by atoms with van der Waals surface area (Å²) in [6, 6.07) is 21.6. The number of nitrogen functional groups attached to an aromatic ring is 1. The van der Waals surface area contributed by atoms with E-state index in [-0.39, 0.29) is 18.4 Å². The second-order valence-corrected chi connectivity index (χ2v) is 8.32. The van der Waals surface area contributed by atoms with Gasteiger partial charge in [-0.3, -0.25) is 9.59 Å². The van der Waals surface area contributed by atoms with Gasteiger partial charge in [-0.05, 0) is 39.9 Å². The van der Waals surface area contributed by atoms with Crippen LogP contribution in [0, 0.1) is 0 Å². The topological polar surface area (TPSA) is 127 Å². The van der Waals surface area contributed by atoms with Crippen LogP contribution in [0.5, 0.6) is 0 Å². The summed E-state index contributed by atoms with van der Waals surface area (Å²) in [5.41, 5.74) is 17.3. The second kappa shape index (κ2) is 8.92. The highest BCUT2D eigenvalue weighted by Crippen LogP contribution is 2.30. The molecule has 8 nitrogen and oxygen atoms in total. The van der Waals surface area contributed by atoms with Gasteiger partial charge in [0, 0.05) is 25.0 Å². The van der Waals surface area contributed by atoms with Gasteiger partial charge in [-0.15, -0.1) is 0 Å². The van der Waals surface area contributed by atoms with Gasteiger partial charge >= 0.3 is 0 Å². The normalized spacial score (nSPS) is 12.6. The van der Waals surface area contributed by atoms with Crippen molar-refractivity contribution in [3.05, 3.63) is 89.1 Å². The third kappa shape index (κ3) is 4.18. The molecule has 0 spiro atoms. The van der Waals surface area contributed by atoms with Crippen LogP contribution in [0.2, 0.25) is 0 Å². The zero-order valence-corrected chi connectivity index (χ0v) is 18.5. The lowest BCUT2D eigenvalue weighted by atomic mass is 9.97. The Morgan fingerprint density at radius 1 is 0.941 bits per heavy atom. The number of anilines is 1. The van der Waals surface area contributed by atoms with E-state index < -0.39 is 5.91 Å². The number of nitrogens with two attached hydrogens (primary N) is 2. The highest BCUT2D eigenvalue weighted by molar-refractivity contribution is 6.06. The van der Waals surface area contributed by atoms with Crippen LogP contribution in [-0.2, 0) is 24.4 Å². The molecule has 34 heavy (non-hydrogen) atoms. The quantitative estimate of drug-likeness (QED) is 0.413. The molecule has 4 aromatic rings. The Kier molecular flexibility index (Phi) is 5.65. The molecule has 1 aliphatic rings. The molecule has 0 saturated heterocycles. The van der Waals surface area contributed by atoms with Crippen molar-refractivity contribution in [2.24, 2.45) is 5.73 Å². The predicted molar refractivity (Wildman–Crippen MR) is 130 cm³/mol. The molecule has 5 rings (SSSR count). The Hall–Kier alpha value is -4.30. The summed E-state index contributed by atoms with van der Waals surface area (Å²) < 4.78 is 0. The number of benzene rings is 3. The lowest BCUT2D eigenvalue weighted by Crippen LogP contribution is -2.28. The van der Waals surface area contributed by atoms with Gasteiger partial charge < -0.3 is 21.7 Å². The van der Waals surface area contributed by atoms with Crippen molar-refractivity contribution in [2.45, 2.75) is 19.6 Å². The maximum absolute atomic E-state index is 13.5. The highest BCUT2D eigenvalue weighted by atomic mass is 16.2. The fourth-order valence-corrected chi connectivity index (χ4v) is 4.38. The number of hydrogen-bond donors (Lipinski definition) is 3. The minimum atomic E-state index is -0.412. The van der Waals surface area contributed by atoms with Crippen LogP contribution >= 0.6 is 0 Å². The standard InChI is InChI=1S/C26H24N6O2/c27-23(33)13-29-12-17-5-3-4-8-20(17)16-9-10-22-21(11-16)24(31-26(28)30-22)25(34)32-14-18-6-1-2-7-19(18)15-32/h1-11,29H,12-15H2,(H2,27,33)(H2,28,30,31). The Labute approximate surface area is 196 Å². The molecule has 0 radical (unpaired) electrons. The molecule has 0 unspecified atom stereocenters. The van der Waals surface area contributed by atoms with Crippen molar-refractivity contribution in [2.75, 3.05) is 12.3 Å². The van der Waals surface area contributed by atoms with Crippen LogP contribution in [-0.4, -0.2) is 33.2 Å². The molecule has 2 amide bonds. The van der Waals surface area contributed by atoms with E-state index in [1.807, 2.05) is 66.7 Å². The summed E-state index contributed by atoms with van der Waals surface area (Å²) in [5.74, 6) is -0.523. The predicted octanol–water partition coefficient (Wildman–Crippen LogP) is 2.61. The van der Waals surface area contributed by atoms with Crippen LogP contribution in [0.25, 0.3) is 22.0 Å². The molecule has 170 valence electrons. The van der Waals surface area contributed by atoms with Crippen molar-refractivity contribution in [3.63, 3.8) is 0 Å². The van der Waals surface area contributed by atoms with Gasteiger partial charge in [-0.1, -0.05) is 54.6 Å². The lowest BCUT2D eigenvalue weighted by Gasteiger charge is -2.17. The zero-order valence-electron chi connectivity index (χ0n) is 18.5. The highest BCUT2D eigenvalue weighted by Gasteiger charge is 2.27. The number of nitrogens with zero attached hydrogens (tertiary/aromatic N) is 3. The first-order valence-electron chi connectivity index (χ1n) is 11.0. The van der Waals surface area contributed by atoms with Crippen LogP contribution in [0.4, 0.5) is 5.95 Å². The molecule has 1 aromatic heterocycles. The van der Waals surface area contributed by atoms with Crippen LogP contribution in [0.3, 0.4) is 0 Å². The van der Waals surface area contributed by atoms with E-state index in [2.05, 4.69) is 15.3 Å². The third-order valence-corrected chi connectivity index (χ3v) is 5.99. The van der Waals surface area contributed by atoms with Crippen molar-refractivity contribution in [1.82, 2.24) is 20.2 Å². The molecule has 2 heterocycles. The summed E-state index contributed by atoms with van der Waals surface area (Å²) in [6.07, 6.45) is 0. The third-order valence-electron chi connectivity index (χ3n) is 5.99. The van der Waals surface area contributed by atoms with E-state index in [0.29, 0.717) is 36.2 Å². The molecule has 8 heteroatoms. The average Bonchev–Trinajstić information content (AvgIpc) is 3.27. The summed E-state index contributed by atoms with van der Waals surface area (Å²) in [5, 5.41) is 3.70. The first-order valence-corrected chi connectivity index (χ1v) is 11.0. The number of carbonyl (C=O) groups excluding carboxylic acids is 2. The van der Waals surface area contributed by atoms with Crippen LogP contribution in [0.1, 0.15) is 27.2 Å². The van der Waals surface area contributed by atoms with E-state index in [4.69, 9.17) is 11.5 Å². The number of rotatable bonds is 6. The van der Waals surface area contributed by atoms with E-state index in [0.717, 1.165) is 27.8 Å². The molecule has 0 bridgehead atoms. The lowest BCUT2D eigenvalue weighted by molar-refractivity contribution is -0.117. The van der Waals surface area contributed by atoms with E-state index >= 15 is 0 Å². The van der Waals surface area contributed by atoms with Crippen molar-refractivity contribution in [3.8, 4) is 11.1 Å². The van der Waals surface area contributed by atoms with Gasteiger partial charge in [0.05, 0.1) is 12.1 Å². The van der Waals surface area contributed by atoms with Crippen LogP contribution in [0.15, 0.2) is 66.7 Å². The largest absolute Gasteiger partial charge is 0.369 e. The fourth-order valence-electron chi connectivity index (χ4n) is 4.38. The first-order chi connectivity index (χ1) is 16.5. The van der Waals surface area contributed by atoms with Gasteiger partial charge in [-0.2, -0.15) is 0 Å². The van der Waals surface area contributed by atoms with Gasteiger partial charge in [0.15, 0.2) is 0 Å². The monoisotopic (exact) mass is 452 g/mol. The number of fused-ring (bicyclic) bond motifs is 2. The summed E-state index contributed by atoms with van der Waals surface area (Å²) >= 11 is 0. The van der Waals surface area contributed by atoms with Crippen LogP contribution < -0.4 is 16.8 Å². The SMILES string of the molecule is NC(=O)CNCc1ccccc1-c1ccc2nc(N)nc(C(=O)N3Cc4ccccc4C3)c2c1. The molecule has 1 aliphatic heterocycles. The molecule has 5 N–H and O–H groups in total. The van der Waals surface area contributed by atoms with E-state index in [9.17, 15) is 9.59 Å². The minimum absolute atomic E-state index is 0.0661. The maximum Gasteiger partial charge on any atom is 0.273 e. The van der Waals surface area contributed by atoms with Crippen molar-refractivity contribution < 1.29 is 9.59 Å². The number of carbonyl (C=O) groups is 2. The average molecular weight is 453 g/mol. The molecule has 0 saturated carbocycles. The Morgan fingerprint density at radius 2 is 1.65 bits per heavy atom. The van der Waals surface area contributed by atoms with Gasteiger partial charge in [0.25, 0.3) is 5.91 Å². The Bertz CT molecular complexity index is 1390. The van der Waals surface area contributed by atoms with Crippen molar-refractivity contribution in [1.29, 1.82) is 0 Å². The number of amides is 2. The molecule has 3 aromatic carbocycles. The first kappa shape index (κ1) is 21.5. The van der Waals surface area contributed by atoms with Gasteiger partial charge in [0.1, 0.15) is 5.69 Å². The molecule has 0 aliphatic carbocycles. The Morgan fingerprint density at radius 3 is 2.38 bits per heavy atom. The molecule has 0 atom stereocenters. The number of hydrogen-bond acceptors (Lipinski definition) is 6. The number of primary amides is 1. The number of nitrogens with one attached hydrogen (secondary N) is 1. The van der Waals surface area contributed by atoms with Crippen molar-refractivity contribution >= 4 is 28.7 Å². The molecule has 0 fully saturated rings. The Balaban J connectivity index is 1.52. The summed E-state index contributed by atoms with van der Waals surface area (Å²) in [6.45, 7) is 1.65. The smallest absolute Gasteiger partial charge is 0.273 e. The minimum Gasteiger partial charge on any atom is -0.369 e. The van der Waals surface area contributed by atoms with Gasteiger partial charge in [-0.25, -0.2) is 9.97 Å². The zero-order chi connectivity index (χ0) is 23.7. The van der Waals surface area contributed by atoms with Gasteiger partial charge in [0.2, 0.25) is 11.9 Å². The van der Waals surface area contributed by atoms with E-state index in [1.54, 1.807) is 4.90 Å². The maximum atomic E-state index is 13.5. The molecular formula is C26H24N6O2. The number of aromatic nitrogens is 2. The fraction of sp³-hybridized carbons (Fsp3) is 0.154. The molecular weight excluding hydrogens is 428 g/mol. The second-order valence-electron chi connectivity index (χ2n) is 8.32. The van der Waals surface area contributed by atoms with E-state index in [1.165, 1.54) is 0 Å².